The number of rotatable bonds is 0. The van der Waals surface area contributed by atoms with Crippen LogP contribution in [-0.4, -0.2) is 68.0 Å². The van der Waals surface area contributed by atoms with E-state index in [1.165, 1.54) is 28.2 Å². The Hall–Kier alpha value is -1.68. The number of nitrogens with zero attached hydrogens (tertiary/aromatic N) is 4. The van der Waals surface area contributed by atoms with Gasteiger partial charge in [0, 0.05) is 28.2 Å². The van der Waals surface area contributed by atoms with Gasteiger partial charge in [0.15, 0.2) is 0 Å². The molecule has 0 aromatic heterocycles. The molecule has 0 spiro atoms. The summed E-state index contributed by atoms with van der Waals surface area (Å²) in [6.45, 7) is 0. The van der Waals surface area contributed by atoms with E-state index in [9.17, 15) is 26.3 Å². The number of hydrogen-bond acceptors (Lipinski definition) is 5. The van der Waals surface area contributed by atoms with E-state index in [2.05, 4.69) is 9.98 Å². The minimum absolute atomic E-state index is 0.835. The van der Waals surface area contributed by atoms with Crippen LogP contribution in [0.15, 0.2) is 9.98 Å². The van der Waals surface area contributed by atoms with Gasteiger partial charge in [-0.25, -0.2) is 0 Å². The van der Waals surface area contributed by atoms with Crippen molar-refractivity contribution in [2.45, 2.75) is 18.0 Å². The number of aliphatic imine (C=N–C) groups is 2. The van der Waals surface area contributed by atoms with Crippen molar-refractivity contribution < 1.29 is 31.1 Å². The fourth-order valence-corrected chi connectivity index (χ4v) is 1.23. The predicted octanol–water partition coefficient (Wildman–Crippen LogP) is 1.67. The Morgan fingerprint density at radius 2 is 1.10 bits per heavy atom. The van der Waals surface area contributed by atoms with Gasteiger partial charge in [-0.1, -0.05) is 0 Å². The van der Waals surface area contributed by atoms with E-state index >= 15 is 0 Å². The van der Waals surface area contributed by atoms with Gasteiger partial charge in [0.25, 0.3) is 12.0 Å². The fourth-order valence-electron chi connectivity index (χ4n) is 1.23. The molecule has 0 saturated heterocycles. The lowest BCUT2D eigenvalue weighted by atomic mass is 10.1. The molecule has 0 bridgehead atoms. The highest BCUT2D eigenvalue weighted by Crippen LogP contribution is 2.48. The molecule has 0 radical (unpaired) electrons. The lowest BCUT2D eigenvalue weighted by Gasteiger charge is -2.35. The maximum Gasteiger partial charge on any atom is 0.443 e. The highest BCUT2D eigenvalue weighted by Gasteiger charge is 2.74. The average Bonchev–Trinajstić information content (AvgIpc) is 2.25. The first-order chi connectivity index (χ1) is 8.82. The number of hydrogen-bond donors (Lipinski definition) is 0. The molecular formula is C9H12F6N4O. The number of halogens is 6. The maximum absolute atomic E-state index is 12.9. The first-order valence-electron chi connectivity index (χ1n) is 5.17. The van der Waals surface area contributed by atoms with Gasteiger partial charge in [0.05, 0.1) is 0 Å². The van der Waals surface area contributed by atoms with Crippen LogP contribution in [-0.2, 0) is 4.74 Å². The third kappa shape index (κ3) is 2.61. The largest absolute Gasteiger partial charge is 0.443 e. The van der Waals surface area contributed by atoms with Crippen molar-refractivity contribution in [3.05, 3.63) is 0 Å². The summed E-state index contributed by atoms with van der Waals surface area (Å²) in [5.41, 5.74) is -4.57. The van der Waals surface area contributed by atoms with Crippen LogP contribution in [0.1, 0.15) is 0 Å². The molecule has 20 heavy (non-hydrogen) atoms. The first-order valence-corrected chi connectivity index (χ1v) is 5.17. The lowest BCUT2D eigenvalue weighted by Crippen LogP contribution is -2.58. The highest BCUT2D eigenvalue weighted by molar-refractivity contribution is 5.91. The van der Waals surface area contributed by atoms with Gasteiger partial charge < -0.3 is 14.5 Å². The standard InChI is InChI=1S/C9H12F6N4O/c1-18(2)5-16-7(8(10,11)12,9(13,14)15)17-6(20-5)19(3)4/h1-4H3. The Labute approximate surface area is 110 Å². The van der Waals surface area contributed by atoms with Crippen LogP contribution >= 0.6 is 0 Å². The lowest BCUT2D eigenvalue weighted by molar-refractivity contribution is -0.294. The van der Waals surface area contributed by atoms with Crippen molar-refractivity contribution in [3.8, 4) is 0 Å². The molecule has 1 rings (SSSR count). The summed E-state index contributed by atoms with van der Waals surface area (Å²) in [4.78, 5) is 7.07. The Morgan fingerprint density at radius 1 is 0.800 bits per heavy atom. The van der Waals surface area contributed by atoms with Crippen molar-refractivity contribution in [1.82, 2.24) is 9.80 Å². The van der Waals surface area contributed by atoms with E-state index in [4.69, 9.17) is 4.74 Å². The number of ether oxygens (including phenoxy) is 1. The van der Waals surface area contributed by atoms with Gasteiger partial charge in [0.1, 0.15) is 0 Å². The Bertz CT molecular complexity index is 397. The molecular weight excluding hydrogens is 294 g/mol. The molecule has 11 heteroatoms. The van der Waals surface area contributed by atoms with Crippen LogP contribution in [0.5, 0.6) is 0 Å². The zero-order chi connectivity index (χ0) is 15.9. The first kappa shape index (κ1) is 16.4. The predicted molar refractivity (Wildman–Crippen MR) is 58.2 cm³/mol. The Morgan fingerprint density at radius 3 is 1.30 bits per heavy atom. The normalized spacial score (nSPS) is 18.9. The molecule has 0 N–H and O–H groups in total. The van der Waals surface area contributed by atoms with E-state index in [-0.39, 0.29) is 0 Å². The molecule has 0 unspecified atom stereocenters. The highest BCUT2D eigenvalue weighted by atomic mass is 19.4. The zero-order valence-corrected chi connectivity index (χ0v) is 11.0. The average molecular weight is 306 g/mol. The number of alkyl halides is 6. The summed E-state index contributed by atoms with van der Waals surface area (Å²) in [5.74, 6) is 0. The van der Waals surface area contributed by atoms with Crippen LogP contribution in [0.3, 0.4) is 0 Å². The molecule has 116 valence electrons. The maximum atomic E-state index is 12.9. The third-order valence-electron chi connectivity index (χ3n) is 2.25. The monoisotopic (exact) mass is 306 g/mol. The Balaban J connectivity index is 3.57. The quantitative estimate of drug-likeness (QED) is 0.639. The van der Waals surface area contributed by atoms with Crippen molar-refractivity contribution in [2.24, 2.45) is 9.98 Å². The molecule has 1 aliphatic heterocycles. The number of amidine groups is 2. The molecule has 0 aliphatic carbocycles. The van der Waals surface area contributed by atoms with Crippen molar-refractivity contribution in [2.75, 3.05) is 28.2 Å². The van der Waals surface area contributed by atoms with Crippen LogP contribution in [0, 0.1) is 0 Å². The van der Waals surface area contributed by atoms with Crippen molar-refractivity contribution in [3.63, 3.8) is 0 Å². The summed E-state index contributed by atoms with van der Waals surface area (Å²) >= 11 is 0. The van der Waals surface area contributed by atoms with E-state index < -0.39 is 30.1 Å². The van der Waals surface area contributed by atoms with Gasteiger partial charge >= 0.3 is 18.0 Å². The van der Waals surface area contributed by atoms with Crippen molar-refractivity contribution in [1.29, 1.82) is 0 Å². The van der Waals surface area contributed by atoms with Crippen molar-refractivity contribution >= 4 is 12.0 Å². The molecule has 1 heterocycles. The summed E-state index contributed by atoms with van der Waals surface area (Å²) in [7, 11) is 4.81. The fraction of sp³-hybridized carbons (Fsp3) is 0.778. The molecule has 0 saturated carbocycles. The SMILES string of the molecule is CN(C)C1=NC(C(F)(F)F)(C(F)(F)F)N=C(N(C)C)O1. The second-order valence-electron chi connectivity index (χ2n) is 4.35. The molecule has 5 nitrogen and oxygen atoms in total. The van der Waals surface area contributed by atoms with Crippen LogP contribution < -0.4 is 0 Å². The van der Waals surface area contributed by atoms with Crippen LogP contribution in [0.25, 0.3) is 0 Å². The van der Waals surface area contributed by atoms with E-state index in [1.807, 2.05) is 0 Å². The Kier molecular flexibility index (Phi) is 3.85. The van der Waals surface area contributed by atoms with Crippen LogP contribution in [0.2, 0.25) is 0 Å². The van der Waals surface area contributed by atoms with Gasteiger partial charge in [0.2, 0.25) is 0 Å². The third-order valence-corrected chi connectivity index (χ3v) is 2.25. The molecule has 0 aromatic carbocycles. The van der Waals surface area contributed by atoms with E-state index in [0.717, 1.165) is 9.80 Å². The summed E-state index contributed by atoms with van der Waals surface area (Å²) in [6, 6.07) is -1.67. The second kappa shape index (κ2) is 4.70. The summed E-state index contributed by atoms with van der Waals surface area (Å²) < 4.78 is 82.4. The smallest absolute Gasteiger partial charge is 0.392 e. The van der Waals surface area contributed by atoms with E-state index in [1.54, 1.807) is 0 Å². The second-order valence-corrected chi connectivity index (χ2v) is 4.35. The van der Waals surface area contributed by atoms with Gasteiger partial charge in [-0.05, 0) is 0 Å². The van der Waals surface area contributed by atoms with Crippen LogP contribution in [0.4, 0.5) is 26.3 Å². The zero-order valence-electron chi connectivity index (χ0n) is 11.0. The topological polar surface area (TPSA) is 40.4 Å². The minimum atomic E-state index is -5.75. The summed E-state index contributed by atoms with van der Waals surface area (Å²) in [5, 5.41) is 0. The molecule has 1 aliphatic rings. The van der Waals surface area contributed by atoms with Gasteiger partial charge in [-0.3, -0.25) is 0 Å². The van der Waals surface area contributed by atoms with Gasteiger partial charge in [-0.2, -0.15) is 36.3 Å². The summed E-state index contributed by atoms with van der Waals surface area (Å²) in [6.07, 6.45) is -11.5. The molecule has 0 amide bonds. The van der Waals surface area contributed by atoms with E-state index in [0.29, 0.717) is 0 Å². The molecule has 0 atom stereocenters. The molecule has 0 fully saturated rings. The van der Waals surface area contributed by atoms with Gasteiger partial charge in [-0.15, -0.1) is 0 Å². The molecule has 0 aromatic rings. The minimum Gasteiger partial charge on any atom is -0.392 e.